The molecule has 0 aliphatic carbocycles. The minimum atomic E-state index is -0.526. The predicted molar refractivity (Wildman–Crippen MR) is 87.3 cm³/mol. The topological polar surface area (TPSA) is 44.1 Å². The highest BCUT2D eigenvalue weighted by molar-refractivity contribution is 7.98. The van der Waals surface area contributed by atoms with Crippen LogP contribution < -0.4 is 0 Å². The molecule has 0 aliphatic rings. The van der Waals surface area contributed by atoms with Crippen molar-refractivity contribution in [1.82, 2.24) is 9.55 Å². The van der Waals surface area contributed by atoms with Gasteiger partial charge in [-0.3, -0.25) is 0 Å². The Kier molecular flexibility index (Phi) is 4.33. The van der Waals surface area contributed by atoms with E-state index < -0.39 is 5.60 Å². The van der Waals surface area contributed by atoms with E-state index in [4.69, 9.17) is 4.74 Å². The third kappa shape index (κ3) is 3.07. The average molecular weight is 306 g/mol. The van der Waals surface area contributed by atoms with Crippen LogP contribution in [0.2, 0.25) is 0 Å². The van der Waals surface area contributed by atoms with Crippen molar-refractivity contribution in [2.45, 2.75) is 51.5 Å². The van der Waals surface area contributed by atoms with Crippen molar-refractivity contribution in [3.63, 3.8) is 0 Å². The third-order valence-electron chi connectivity index (χ3n) is 3.20. The molecule has 0 N–H and O–H groups in total. The SMILES string of the molecule is CCc1ccc2c(SC)c(C)n(C(=O)OC(C)(C)C)c2n1. The van der Waals surface area contributed by atoms with Crippen molar-refractivity contribution in [2.75, 3.05) is 6.26 Å². The molecule has 21 heavy (non-hydrogen) atoms. The zero-order valence-electron chi connectivity index (χ0n) is 13.5. The van der Waals surface area contributed by atoms with Crippen molar-refractivity contribution in [3.8, 4) is 0 Å². The molecule has 0 unspecified atom stereocenters. The van der Waals surface area contributed by atoms with Crippen molar-refractivity contribution < 1.29 is 9.53 Å². The number of hydrogen-bond acceptors (Lipinski definition) is 4. The van der Waals surface area contributed by atoms with Crippen molar-refractivity contribution in [3.05, 3.63) is 23.5 Å². The fraction of sp³-hybridized carbons (Fsp3) is 0.500. The zero-order valence-corrected chi connectivity index (χ0v) is 14.3. The first-order valence-corrected chi connectivity index (χ1v) is 8.29. The Morgan fingerprint density at radius 2 is 2.05 bits per heavy atom. The maximum atomic E-state index is 12.5. The number of rotatable bonds is 2. The summed E-state index contributed by atoms with van der Waals surface area (Å²) in [5, 5.41) is 1.00. The molecule has 2 heterocycles. The summed E-state index contributed by atoms with van der Waals surface area (Å²) in [6, 6.07) is 4.06. The van der Waals surface area contributed by atoms with E-state index in [1.54, 1.807) is 16.3 Å². The second-order valence-corrected chi connectivity index (χ2v) is 6.78. The third-order valence-corrected chi connectivity index (χ3v) is 4.12. The van der Waals surface area contributed by atoms with E-state index in [2.05, 4.69) is 11.9 Å². The number of thioether (sulfide) groups is 1. The van der Waals surface area contributed by atoms with Gasteiger partial charge < -0.3 is 4.74 Å². The molecular formula is C16H22N2O2S. The van der Waals surface area contributed by atoms with E-state index in [-0.39, 0.29) is 6.09 Å². The molecule has 4 nitrogen and oxygen atoms in total. The Bertz CT molecular complexity index is 684. The van der Waals surface area contributed by atoms with E-state index in [1.165, 1.54) is 0 Å². The van der Waals surface area contributed by atoms with Gasteiger partial charge in [0.25, 0.3) is 0 Å². The first kappa shape index (κ1) is 15.9. The lowest BCUT2D eigenvalue weighted by molar-refractivity contribution is 0.0540. The van der Waals surface area contributed by atoms with Gasteiger partial charge in [-0.05, 0) is 52.5 Å². The first-order valence-electron chi connectivity index (χ1n) is 7.06. The summed E-state index contributed by atoms with van der Waals surface area (Å²) in [5.41, 5.74) is 2.01. The number of aryl methyl sites for hydroxylation is 1. The molecule has 0 atom stereocenters. The van der Waals surface area contributed by atoms with Gasteiger partial charge in [0.1, 0.15) is 5.60 Å². The molecule has 2 aromatic rings. The number of nitrogens with zero attached hydrogens (tertiary/aromatic N) is 2. The summed E-state index contributed by atoms with van der Waals surface area (Å²) < 4.78 is 7.11. The van der Waals surface area contributed by atoms with Gasteiger partial charge in [-0.25, -0.2) is 14.3 Å². The molecular weight excluding hydrogens is 284 g/mol. The van der Waals surface area contributed by atoms with E-state index in [0.29, 0.717) is 5.65 Å². The van der Waals surface area contributed by atoms with Gasteiger partial charge in [0.15, 0.2) is 5.65 Å². The van der Waals surface area contributed by atoms with Crippen molar-refractivity contribution >= 4 is 28.9 Å². The van der Waals surface area contributed by atoms with Crippen molar-refractivity contribution in [1.29, 1.82) is 0 Å². The highest BCUT2D eigenvalue weighted by Crippen LogP contribution is 2.32. The van der Waals surface area contributed by atoms with Crippen LogP contribution in [0.4, 0.5) is 4.79 Å². The first-order chi connectivity index (χ1) is 9.78. The van der Waals surface area contributed by atoms with E-state index in [1.807, 2.05) is 46.1 Å². The summed E-state index contributed by atoms with van der Waals surface area (Å²) in [7, 11) is 0. The largest absolute Gasteiger partial charge is 0.443 e. The van der Waals surface area contributed by atoms with E-state index in [9.17, 15) is 4.79 Å². The standard InChI is InChI=1S/C16H22N2O2S/c1-7-11-8-9-12-13(21-6)10(2)18(14(12)17-11)15(19)20-16(3,4)5/h8-9H,7H2,1-6H3. The fourth-order valence-corrected chi connectivity index (χ4v) is 3.04. The lowest BCUT2D eigenvalue weighted by Gasteiger charge is -2.20. The number of carbonyl (C=O) groups excluding carboxylic acids is 1. The van der Waals surface area contributed by atoms with Gasteiger partial charge in [0, 0.05) is 21.7 Å². The Hall–Kier alpha value is -1.49. The molecule has 0 aliphatic heterocycles. The Morgan fingerprint density at radius 1 is 1.38 bits per heavy atom. The molecule has 0 bridgehead atoms. The van der Waals surface area contributed by atoms with Crippen molar-refractivity contribution in [2.24, 2.45) is 0 Å². The summed E-state index contributed by atoms with van der Waals surface area (Å²) in [5.74, 6) is 0. The number of carbonyl (C=O) groups is 1. The lowest BCUT2D eigenvalue weighted by atomic mass is 10.2. The Balaban J connectivity index is 2.66. The molecule has 0 fully saturated rings. The molecule has 0 radical (unpaired) electrons. The molecule has 0 saturated carbocycles. The quantitative estimate of drug-likeness (QED) is 0.771. The lowest BCUT2D eigenvalue weighted by Crippen LogP contribution is -2.27. The normalized spacial score (nSPS) is 11.9. The summed E-state index contributed by atoms with van der Waals surface area (Å²) in [4.78, 5) is 18.2. The Labute approximate surface area is 129 Å². The molecule has 0 amide bonds. The fourth-order valence-electron chi connectivity index (χ4n) is 2.28. The minimum absolute atomic E-state index is 0.369. The molecule has 5 heteroatoms. The average Bonchev–Trinajstić information content (AvgIpc) is 2.67. The smallest absolute Gasteiger partial charge is 0.420 e. The van der Waals surface area contributed by atoms with Crippen LogP contribution in [0, 0.1) is 6.92 Å². The molecule has 0 saturated heterocycles. The maximum absolute atomic E-state index is 12.5. The van der Waals surface area contributed by atoms with Crippen LogP contribution in [0.1, 0.15) is 39.1 Å². The molecule has 2 aromatic heterocycles. The second-order valence-electron chi connectivity index (χ2n) is 5.96. The predicted octanol–water partition coefficient (Wildman–Crippen LogP) is 4.41. The number of aromatic nitrogens is 2. The summed E-state index contributed by atoms with van der Waals surface area (Å²) in [6.45, 7) is 9.59. The highest BCUT2D eigenvalue weighted by atomic mass is 32.2. The van der Waals surface area contributed by atoms with Crippen LogP contribution in [0.5, 0.6) is 0 Å². The van der Waals surface area contributed by atoms with E-state index >= 15 is 0 Å². The number of ether oxygens (including phenoxy) is 1. The van der Waals surface area contributed by atoms with Crippen LogP contribution in [0.25, 0.3) is 11.0 Å². The van der Waals surface area contributed by atoms with Gasteiger partial charge in [0.05, 0.1) is 0 Å². The molecule has 2 rings (SSSR count). The second kappa shape index (κ2) is 5.72. The monoisotopic (exact) mass is 306 g/mol. The number of fused-ring (bicyclic) bond motifs is 1. The van der Waals surface area contributed by atoms with Crippen LogP contribution >= 0.6 is 11.8 Å². The summed E-state index contributed by atoms with van der Waals surface area (Å²) in [6.07, 6.45) is 2.48. The van der Waals surface area contributed by atoms with Crippen LogP contribution in [-0.4, -0.2) is 27.5 Å². The minimum Gasteiger partial charge on any atom is -0.443 e. The van der Waals surface area contributed by atoms with Gasteiger partial charge >= 0.3 is 6.09 Å². The number of hydrogen-bond donors (Lipinski definition) is 0. The molecule has 0 spiro atoms. The maximum Gasteiger partial charge on any atom is 0.420 e. The molecule has 114 valence electrons. The van der Waals surface area contributed by atoms with Crippen LogP contribution in [-0.2, 0) is 11.2 Å². The summed E-state index contributed by atoms with van der Waals surface area (Å²) >= 11 is 1.63. The van der Waals surface area contributed by atoms with Gasteiger partial charge in [-0.2, -0.15) is 0 Å². The van der Waals surface area contributed by atoms with Gasteiger partial charge in [-0.1, -0.05) is 6.92 Å². The molecule has 0 aromatic carbocycles. The van der Waals surface area contributed by atoms with E-state index in [0.717, 1.165) is 28.1 Å². The zero-order chi connectivity index (χ0) is 15.8. The highest BCUT2D eigenvalue weighted by Gasteiger charge is 2.24. The van der Waals surface area contributed by atoms with Gasteiger partial charge in [0.2, 0.25) is 0 Å². The Morgan fingerprint density at radius 3 is 2.57 bits per heavy atom. The number of pyridine rings is 1. The van der Waals surface area contributed by atoms with Gasteiger partial charge in [-0.15, -0.1) is 11.8 Å². The van der Waals surface area contributed by atoms with Crippen LogP contribution in [0.3, 0.4) is 0 Å². The van der Waals surface area contributed by atoms with Crippen LogP contribution in [0.15, 0.2) is 17.0 Å².